The number of anilines is 1. The molecule has 2 heterocycles. The molecule has 1 N–H and O–H groups in total. The van der Waals surface area contributed by atoms with Gasteiger partial charge in [0.05, 0.1) is 5.41 Å². The number of fused-ring (bicyclic) bond motifs is 2. The highest BCUT2D eigenvalue weighted by molar-refractivity contribution is 9.10. The van der Waals surface area contributed by atoms with Crippen LogP contribution in [0.5, 0.6) is 0 Å². The Kier molecular flexibility index (Phi) is 2.37. The zero-order valence-corrected chi connectivity index (χ0v) is 12.6. The topological polar surface area (TPSA) is 42.0 Å². The van der Waals surface area contributed by atoms with Crippen molar-refractivity contribution in [3.8, 4) is 0 Å². The van der Waals surface area contributed by atoms with Crippen molar-refractivity contribution < 1.29 is 4.79 Å². The van der Waals surface area contributed by atoms with E-state index in [0.717, 1.165) is 33.5 Å². The summed E-state index contributed by atoms with van der Waals surface area (Å²) in [7, 11) is 0. The number of carbonyl (C=O) groups is 1. The Balaban J connectivity index is 1.81. The molecule has 4 rings (SSSR count). The van der Waals surface area contributed by atoms with Gasteiger partial charge in [0.15, 0.2) is 0 Å². The number of hydrogen-bond donors (Lipinski definition) is 1. The minimum absolute atomic E-state index is 0.110. The highest BCUT2D eigenvalue weighted by Crippen LogP contribution is 2.64. The summed E-state index contributed by atoms with van der Waals surface area (Å²) in [6.45, 7) is 1.98. The number of pyridine rings is 1. The second-order valence-electron chi connectivity index (χ2n) is 5.58. The lowest BCUT2D eigenvalue weighted by molar-refractivity contribution is -0.118. The van der Waals surface area contributed by atoms with E-state index in [4.69, 9.17) is 0 Å². The van der Waals surface area contributed by atoms with Gasteiger partial charge < -0.3 is 5.32 Å². The van der Waals surface area contributed by atoms with Gasteiger partial charge in [-0.05, 0) is 49.2 Å². The Labute approximate surface area is 125 Å². The van der Waals surface area contributed by atoms with E-state index in [1.165, 1.54) is 0 Å². The molecular formula is C16H13BrN2O. The van der Waals surface area contributed by atoms with Crippen LogP contribution >= 0.6 is 15.9 Å². The maximum atomic E-state index is 12.4. The molecule has 0 bridgehead atoms. The van der Waals surface area contributed by atoms with E-state index in [0.29, 0.717) is 0 Å². The summed E-state index contributed by atoms with van der Waals surface area (Å²) in [6.07, 6.45) is 0.846. The molecule has 1 amide bonds. The Bertz CT molecular complexity index is 743. The van der Waals surface area contributed by atoms with Gasteiger partial charge in [-0.25, -0.2) is 0 Å². The fraction of sp³-hybridized carbons (Fsp3) is 0.250. The van der Waals surface area contributed by atoms with Gasteiger partial charge in [-0.15, -0.1) is 0 Å². The van der Waals surface area contributed by atoms with Gasteiger partial charge in [-0.1, -0.05) is 22.0 Å². The second-order valence-corrected chi connectivity index (χ2v) is 6.49. The average Bonchev–Trinajstić information content (AvgIpc) is 3.11. The van der Waals surface area contributed by atoms with E-state index in [-0.39, 0.29) is 11.8 Å². The van der Waals surface area contributed by atoms with Gasteiger partial charge in [0, 0.05) is 27.5 Å². The van der Waals surface area contributed by atoms with Crippen molar-refractivity contribution in [3.63, 3.8) is 0 Å². The Hall–Kier alpha value is -1.68. The highest BCUT2D eigenvalue weighted by Gasteiger charge is 2.65. The molecule has 1 aromatic carbocycles. The molecule has 2 atom stereocenters. The van der Waals surface area contributed by atoms with E-state index in [2.05, 4.69) is 32.3 Å². The fourth-order valence-electron chi connectivity index (χ4n) is 3.28. The molecule has 20 heavy (non-hydrogen) atoms. The van der Waals surface area contributed by atoms with Gasteiger partial charge >= 0.3 is 0 Å². The third-order valence-corrected chi connectivity index (χ3v) is 4.84. The van der Waals surface area contributed by atoms with Gasteiger partial charge in [-0.3, -0.25) is 9.78 Å². The normalized spacial score (nSPS) is 26.5. The highest BCUT2D eigenvalue weighted by atomic mass is 79.9. The minimum Gasteiger partial charge on any atom is -0.325 e. The summed E-state index contributed by atoms with van der Waals surface area (Å²) in [5.74, 6) is 0.303. The van der Waals surface area contributed by atoms with E-state index in [9.17, 15) is 4.79 Å². The van der Waals surface area contributed by atoms with Crippen molar-refractivity contribution in [2.24, 2.45) is 0 Å². The van der Waals surface area contributed by atoms with Crippen molar-refractivity contribution in [1.29, 1.82) is 0 Å². The van der Waals surface area contributed by atoms with Crippen molar-refractivity contribution in [2.75, 3.05) is 5.32 Å². The van der Waals surface area contributed by atoms with Crippen molar-refractivity contribution in [2.45, 2.75) is 24.7 Å². The molecule has 1 aromatic heterocycles. The first-order valence-corrected chi connectivity index (χ1v) is 7.45. The molecule has 1 aliphatic carbocycles. The first-order chi connectivity index (χ1) is 9.61. The average molecular weight is 329 g/mol. The molecular weight excluding hydrogens is 316 g/mol. The van der Waals surface area contributed by atoms with Crippen LogP contribution < -0.4 is 5.32 Å². The van der Waals surface area contributed by atoms with Crippen LogP contribution in [0.2, 0.25) is 0 Å². The molecule has 1 spiro atoms. The lowest BCUT2D eigenvalue weighted by Crippen LogP contribution is -2.21. The van der Waals surface area contributed by atoms with Crippen molar-refractivity contribution >= 4 is 27.5 Å². The van der Waals surface area contributed by atoms with Crippen molar-refractivity contribution in [1.82, 2.24) is 4.98 Å². The van der Waals surface area contributed by atoms with Gasteiger partial charge in [0.1, 0.15) is 0 Å². The molecule has 1 saturated carbocycles. The van der Waals surface area contributed by atoms with Crippen LogP contribution in [0.4, 0.5) is 5.69 Å². The van der Waals surface area contributed by atoms with E-state index in [1.54, 1.807) is 0 Å². The number of amides is 1. The lowest BCUT2D eigenvalue weighted by atomic mass is 9.93. The number of nitrogens with one attached hydrogen (secondary N) is 1. The van der Waals surface area contributed by atoms with E-state index >= 15 is 0 Å². The van der Waals surface area contributed by atoms with Crippen LogP contribution in [0.3, 0.4) is 0 Å². The van der Waals surface area contributed by atoms with E-state index in [1.807, 2.05) is 37.3 Å². The summed E-state index contributed by atoms with van der Waals surface area (Å²) < 4.78 is 1.01. The molecule has 3 nitrogen and oxygen atoms in total. The maximum absolute atomic E-state index is 12.4. The standard InChI is InChI=1S/C16H13BrN2O/c1-9-3-2-4-13(18-9)12-8-16(12)11-7-10(17)5-6-14(11)19-15(16)20/h2-7,12H,8H2,1H3,(H,19,20)/t12-,16-/m0/s1. The number of halogens is 1. The molecule has 4 heteroatoms. The summed E-state index contributed by atoms with van der Waals surface area (Å²) in [5, 5.41) is 3.00. The molecule has 0 radical (unpaired) electrons. The predicted molar refractivity (Wildman–Crippen MR) is 80.8 cm³/mol. The van der Waals surface area contributed by atoms with Gasteiger partial charge in [0.2, 0.25) is 5.91 Å². The monoisotopic (exact) mass is 328 g/mol. The summed E-state index contributed by atoms with van der Waals surface area (Å²) in [5.41, 5.74) is 3.66. The number of carbonyl (C=O) groups excluding carboxylic acids is 1. The van der Waals surface area contributed by atoms with Crippen LogP contribution in [0.1, 0.15) is 29.3 Å². The second kappa shape index (κ2) is 3.92. The molecule has 0 unspecified atom stereocenters. The number of aryl methyl sites for hydroxylation is 1. The molecule has 1 aliphatic heterocycles. The maximum Gasteiger partial charge on any atom is 0.235 e. The first kappa shape index (κ1) is 12.1. The fourth-order valence-corrected chi connectivity index (χ4v) is 3.64. The van der Waals surface area contributed by atoms with Crippen LogP contribution in [-0.2, 0) is 10.2 Å². The lowest BCUT2D eigenvalue weighted by Gasteiger charge is -2.09. The summed E-state index contributed by atoms with van der Waals surface area (Å²) >= 11 is 3.50. The number of hydrogen-bond acceptors (Lipinski definition) is 2. The Morgan fingerprint density at radius 1 is 1.35 bits per heavy atom. The third kappa shape index (κ3) is 1.51. The largest absolute Gasteiger partial charge is 0.325 e. The number of rotatable bonds is 1. The molecule has 1 fully saturated rings. The molecule has 2 aromatic rings. The van der Waals surface area contributed by atoms with Gasteiger partial charge in [-0.2, -0.15) is 0 Å². The Morgan fingerprint density at radius 3 is 3.00 bits per heavy atom. The first-order valence-electron chi connectivity index (χ1n) is 6.66. The zero-order chi connectivity index (χ0) is 13.9. The molecule has 100 valence electrons. The number of aromatic nitrogens is 1. The van der Waals surface area contributed by atoms with Gasteiger partial charge in [0.25, 0.3) is 0 Å². The van der Waals surface area contributed by atoms with E-state index < -0.39 is 5.41 Å². The van der Waals surface area contributed by atoms with Crippen LogP contribution in [0.25, 0.3) is 0 Å². The van der Waals surface area contributed by atoms with Crippen LogP contribution in [0, 0.1) is 6.92 Å². The Morgan fingerprint density at radius 2 is 2.20 bits per heavy atom. The van der Waals surface area contributed by atoms with Crippen LogP contribution in [-0.4, -0.2) is 10.9 Å². The molecule has 0 saturated heterocycles. The van der Waals surface area contributed by atoms with Crippen LogP contribution in [0.15, 0.2) is 40.9 Å². The predicted octanol–water partition coefficient (Wildman–Crippen LogP) is 3.53. The van der Waals surface area contributed by atoms with Crippen molar-refractivity contribution in [3.05, 3.63) is 57.8 Å². The number of benzene rings is 1. The smallest absolute Gasteiger partial charge is 0.235 e. The minimum atomic E-state index is -0.403. The SMILES string of the molecule is Cc1cccc([C@@H]2C[C@@]23C(=O)Nc2ccc(Br)cc23)n1. The quantitative estimate of drug-likeness (QED) is 0.870. The molecule has 2 aliphatic rings. The summed E-state index contributed by atoms with van der Waals surface area (Å²) in [4.78, 5) is 17.0. The zero-order valence-electron chi connectivity index (χ0n) is 11.0. The third-order valence-electron chi connectivity index (χ3n) is 4.34. The summed E-state index contributed by atoms with van der Waals surface area (Å²) in [6, 6.07) is 12.0. The number of nitrogens with zero attached hydrogens (tertiary/aromatic N) is 1.